The lowest BCUT2D eigenvalue weighted by atomic mass is 10.0. The Kier molecular flexibility index (Phi) is 8.41. The number of rotatable bonds is 11. The number of carbonyl (C=O) groups excluding carboxylic acids is 1. The summed E-state index contributed by atoms with van der Waals surface area (Å²) in [5, 5.41) is 15.5. The fraction of sp³-hybridized carbons (Fsp3) is 0.269. The topological polar surface area (TPSA) is 101 Å². The molecule has 7 nitrogen and oxygen atoms in total. The van der Waals surface area contributed by atoms with Crippen LogP contribution in [0.1, 0.15) is 33.5 Å². The van der Waals surface area contributed by atoms with Crippen LogP contribution in [0.25, 0.3) is 0 Å². The van der Waals surface area contributed by atoms with Crippen LogP contribution >= 0.6 is 0 Å². The van der Waals surface area contributed by atoms with E-state index in [1.165, 1.54) is 0 Å². The Morgan fingerprint density at radius 2 is 1.73 bits per heavy atom. The van der Waals surface area contributed by atoms with Gasteiger partial charge in [0, 0.05) is 24.7 Å². The standard InChI is InChI=1S/C26H29N3O4/c1-18-7-5-8-19(2)24(18)25(30)29-22(26(31)32)17-20-10-12-21(13-11-20)33-16-6-15-28-23-9-3-4-14-27-23/h3-5,7-14,22H,6,15-17H2,1-2H3,(H,27,28)(H,29,30)(H,31,32)/t22-/m1/s1. The second-order valence-electron chi connectivity index (χ2n) is 7.82. The highest BCUT2D eigenvalue weighted by atomic mass is 16.5. The molecule has 0 radical (unpaired) electrons. The third kappa shape index (κ3) is 7.07. The average Bonchev–Trinajstić information content (AvgIpc) is 2.80. The quantitative estimate of drug-likeness (QED) is 0.384. The Bertz CT molecular complexity index is 1050. The summed E-state index contributed by atoms with van der Waals surface area (Å²) in [7, 11) is 0. The third-order valence-electron chi connectivity index (χ3n) is 5.24. The molecule has 3 rings (SSSR count). The van der Waals surface area contributed by atoms with Crippen molar-refractivity contribution in [2.45, 2.75) is 32.7 Å². The van der Waals surface area contributed by atoms with E-state index in [9.17, 15) is 14.7 Å². The van der Waals surface area contributed by atoms with E-state index >= 15 is 0 Å². The number of aromatic nitrogens is 1. The zero-order valence-electron chi connectivity index (χ0n) is 18.9. The summed E-state index contributed by atoms with van der Waals surface area (Å²) in [6.07, 6.45) is 2.73. The number of nitrogens with one attached hydrogen (secondary N) is 2. The average molecular weight is 448 g/mol. The largest absolute Gasteiger partial charge is 0.494 e. The maximum Gasteiger partial charge on any atom is 0.326 e. The zero-order valence-corrected chi connectivity index (χ0v) is 18.9. The molecule has 172 valence electrons. The van der Waals surface area contributed by atoms with Gasteiger partial charge in [-0.2, -0.15) is 0 Å². The van der Waals surface area contributed by atoms with Crippen molar-refractivity contribution in [1.29, 1.82) is 0 Å². The molecule has 1 atom stereocenters. The van der Waals surface area contributed by atoms with Crippen molar-refractivity contribution in [3.8, 4) is 5.75 Å². The Balaban J connectivity index is 1.49. The number of hydrogen-bond acceptors (Lipinski definition) is 5. The molecular formula is C26H29N3O4. The molecule has 0 saturated carbocycles. The Hall–Kier alpha value is -3.87. The highest BCUT2D eigenvalue weighted by Crippen LogP contribution is 2.16. The number of nitrogens with zero attached hydrogens (tertiary/aromatic N) is 1. The first kappa shape index (κ1) is 23.8. The number of amides is 1. The fourth-order valence-corrected chi connectivity index (χ4v) is 3.51. The number of anilines is 1. The molecule has 0 unspecified atom stereocenters. The number of hydrogen-bond donors (Lipinski definition) is 3. The van der Waals surface area contributed by atoms with Gasteiger partial charge in [-0.25, -0.2) is 9.78 Å². The van der Waals surface area contributed by atoms with E-state index in [2.05, 4.69) is 15.6 Å². The van der Waals surface area contributed by atoms with Gasteiger partial charge in [0.1, 0.15) is 17.6 Å². The van der Waals surface area contributed by atoms with E-state index in [1.807, 2.05) is 74.5 Å². The monoisotopic (exact) mass is 447 g/mol. The number of ether oxygens (including phenoxy) is 1. The van der Waals surface area contributed by atoms with E-state index in [0.717, 1.165) is 35.5 Å². The third-order valence-corrected chi connectivity index (χ3v) is 5.24. The molecule has 0 saturated heterocycles. The van der Waals surface area contributed by atoms with Gasteiger partial charge in [0.15, 0.2) is 0 Å². The lowest BCUT2D eigenvalue weighted by molar-refractivity contribution is -0.139. The summed E-state index contributed by atoms with van der Waals surface area (Å²) in [5.74, 6) is 0.0927. The van der Waals surface area contributed by atoms with Gasteiger partial charge in [-0.1, -0.05) is 36.4 Å². The first-order valence-electron chi connectivity index (χ1n) is 10.9. The van der Waals surface area contributed by atoms with E-state index < -0.39 is 12.0 Å². The van der Waals surface area contributed by atoms with Crippen molar-refractivity contribution < 1.29 is 19.4 Å². The van der Waals surface area contributed by atoms with E-state index in [1.54, 1.807) is 6.20 Å². The highest BCUT2D eigenvalue weighted by molar-refractivity contribution is 5.99. The SMILES string of the molecule is Cc1cccc(C)c1C(=O)N[C@H](Cc1ccc(OCCCNc2ccccn2)cc1)C(=O)O. The summed E-state index contributed by atoms with van der Waals surface area (Å²) in [5.41, 5.74) is 2.94. The first-order chi connectivity index (χ1) is 15.9. The van der Waals surface area contributed by atoms with Crippen LogP contribution in [0.4, 0.5) is 5.82 Å². The van der Waals surface area contributed by atoms with Crippen molar-refractivity contribution >= 4 is 17.7 Å². The van der Waals surface area contributed by atoms with Crippen molar-refractivity contribution in [2.75, 3.05) is 18.5 Å². The molecule has 1 amide bonds. The predicted molar refractivity (Wildman–Crippen MR) is 128 cm³/mol. The van der Waals surface area contributed by atoms with Crippen LogP contribution < -0.4 is 15.4 Å². The smallest absolute Gasteiger partial charge is 0.326 e. The van der Waals surface area contributed by atoms with Gasteiger partial charge in [0.25, 0.3) is 5.91 Å². The number of pyridine rings is 1. The lowest BCUT2D eigenvalue weighted by Gasteiger charge is -2.17. The summed E-state index contributed by atoms with van der Waals surface area (Å²) >= 11 is 0. The molecule has 0 aliphatic carbocycles. The molecule has 0 aliphatic rings. The molecule has 0 aliphatic heterocycles. The number of carbonyl (C=O) groups is 2. The molecule has 0 fully saturated rings. The minimum Gasteiger partial charge on any atom is -0.494 e. The van der Waals surface area contributed by atoms with E-state index in [0.29, 0.717) is 17.9 Å². The molecule has 3 N–H and O–H groups in total. The van der Waals surface area contributed by atoms with Crippen LogP contribution in [0.3, 0.4) is 0 Å². The Morgan fingerprint density at radius 3 is 2.36 bits per heavy atom. The molecular weight excluding hydrogens is 418 g/mol. The molecule has 7 heteroatoms. The minimum absolute atomic E-state index is 0.181. The van der Waals surface area contributed by atoms with Gasteiger partial charge in [-0.15, -0.1) is 0 Å². The van der Waals surface area contributed by atoms with Gasteiger partial charge in [0.05, 0.1) is 6.61 Å². The molecule has 0 bridgehead atoms. The molecule has 3 aromatic rings. The number of aliphatic carboxylic acids is 1. The van der Waals surface area contributed by atoms with Crippen LogP contribution in [0.5, 0.6) is 5.75 Å². The summed E-state index contributed by atoms with van der Waals surface area (Å²) in [6.45, 7) is 4.97. The van der Waals surface area contributed by atoms with Gasteiger partial charge >= 0.3 is 5.97 Å². The predicted octanol–water partition coefficient (Wildman–Crippen LogP) is 4.01. The second-order valence-corrected chi connectivity index (χ2v) is 7.82. The van der Waals surface area contributed by atoms with Crippen LogP contribution in [-0.4, -0.2) is 41.2 Å². The summed E-state index contributed by atoms with van der Waals surface area (Å²) in [6, 6.07) is 17.5. The van der Waals surface area contributed by atoms with Crippen molar-refractivity contribution in [1.82, 2.24) is 10.3 Å². The normalized spacial score (nSPS) is 11.5. The first-order valence-corrected chi connectivity index (χ1v) is 10.9. The van der Waals surface area contributed by atoms with Crippen LogP contribution in [-0.2, 0) is 11.2 Å². The van der Waals surface area contributed by atoms with Gasteiger partial charge in [0.2, 0.25) is 0 Å². The molecule has 1 aromatic heterocycles. The fourth-order valence-electron chi connectivity index (χ4n) is 3.51. The minimum atomic E-state index is -1.07. The van der Waals surface area contributed by atoms with Gasteiger partial charge in [-0.05, 0) is 61.2 Å². The second kappa shape index (κ2) is 11.7. The summed E-state index contributed by atoms with van der Waals surface area (Å²) in [4.78, 5) is 28.7. The Morgan fingerprint density at radius 1 is 1.00 bits per heavy atom. The molecule has 1 heterocycles. The maximum atomic E-state index is 12.7. The lowest BCUT2D eigenvalue weighted by Crippen LogP contribution is -2.42. The van der Waals surface area contributed by atoms with E-state index in [4.69, 9.17) is 4.74 Å². The van der Waals surface area contributed by atoms with Crippen molar-refractivity contribution in [2.24, 2.45) is 0 Å². The number of benzene rings is 2. The van der Waals surface area contributed by atoms with E-state index in [-0.39, 0.29) is 12.3 Å². The molecule has 33 heavy (non-hydrogen) atoms. The van der Waals surface area contributed by atoms with Crippen molar-refractivity contribution in [3.05, 3.63) is 89.1 Å². The number of aryl methyl sites for hydroxylation is 2. The molecule has 0 spiro atoms. The van der Waals surface area contributed by atoms with Crippen LogP contribution in [0, 0.1) is 13.8 Å². The number of carboxylic acids is 1. The van der Waals surface area contributed by atoms with Crippen molar-refractivity contribution in [3.63, 3.8) is 0 Å². The zero-order chi connectivity index (χ0) is 23.6. The van der Waals surface area contributed by atoms with Gasteiger partial charge in [-0.3, -0.25) is 4.79 Å². The maximum absolute atomic E-state index is 12.7. The van der Waals surface area contributed by atoms with Crippen LogP contribution in [0.15, 0.2) is 66.9 Å². The van der Waals surface area contributed by atoms with Gasteiger partial charge < -0.3 is 20.5 Å². The van der Waals surface area contributed by atoms with Crippen LogP contribution in [0.2, 0.25) is 0 Å². The highest BCUT2D eigenvalue weighted by Gasteiger charge is 2.22. The Labute approximate surface area is 193 Å². The summed E-state index contributed by atoms with van der Waals surface area (Å²) < 4.78 is 5.75. The number of carboxylic acid groups (broad SMARTS) is 1. The molecule has 2 aromatic carbocycles.